The Kier molecular flexibility index (Phi) is 5.71. The minimum Gasteiger partial charge on any atom is -0.471 e. The standard InChI is InChI=1S/C12H16ClN3O5/c1-12(2,3)21-11(17)14-4-5-20-10-9(16(18)19)6-8(13)7-15-10/h6-7H,4-5H2,1-3H3,(H,14,17). The molecule has 0 radical (unpaired) electrons. The highest BCUT2D eigenvalue weighted by Crippen LogP contribution is 2.26. The smallest absolute Gasteiger partial charge is 0.407 e. The summed E-state index contributed by atoms with van der Waals surface area (Å²) in [5.74, 6) is -0.157. The van der Waals surface area contributed by atoms with Gasteiger partial charge in [0.1, 0.15) is 12.2 Å². The van der Waals surface area contributed by atoms with Crippen LogP contribution >= 0.6 is 11.6 Å². The summed E-state index contributed by atoms with van der Waals surface area (Å²) in [7, 11) is 0. The number of aromatic nitrogens is 1. The molecule has 116 valence electrons. The first-order valence-electron chi connectivity index (χ1n) is 6.08. The van der Waals surface area contributed by atoms with Gasteiger partial charge in [0.15, 0.2) is 0 Å². The number of rotatable bonds is 5. The minimum atomic E-state index is -0.643. The van der Waals surface area contributed by atoms with Crippen molar-refractivity contribution in [3.05, 3.63) is 27.4 Å². The first-order valence-corrected chi connectivity index (χ1v) is 6.46. The van der Waals surface area contributed by atoms with Crippen LogP contribution in [0.5, 0.6) is 5.88 Å². The number of hydrogen-bond acceptors (Lipinski definition) is 6. The zero-order valence-electron chi connectivity index (χ0n) is 11.9. The molecule has 0 aromatic carbocycles. The Balaban J connectivity index is 2.47. The van der Waals surface area contributed by atoms with Crippen LogP contribution in [0, 0.1) is 10.1 Å². The molecular formula is C12H16ClN3O5. The summed E-state index contributed by atoms with van der Waals surface area (Å²) in [4.78, 5) is 25.3. The fourth-order valence-electron chi connectivity index (χ4n) is 1.27. The number of carbonyl (C=O) groups is 1. The number of amides is 1. The van der Waals surface area contributed by atoms with Gasteiger partial charge >= 0.3 is 11.8 Å². The Morgan fingerprint density at radius 2 is 2.19 bits per heavy atom. The summed E-state index contributed by atoms with van der Waals surface area (Å²) in [5, 5.41) is 13.4. The number of hydrogen-bond donors (Lipinski definition) is 1. The Bertz CT molecular complexity index is 530. The monoisotopic (exact) mass is 317 g/mol. The predicted molar refractivity (Wildman–Crippen MR) is 75.6 cm³/mol. The van der Waals surface area contributed by atoms with Crippen LogP contribution in [0.15, 0.2) is 12.3 Å². The molecule has 0 aliphatic heterocycles. The molecule has 0 saturated carbocycles. The SMILES string of the molecule is CC(C)(C)OC(=O)NCCOc1ncc(Cl)cc1[N+](=O)[O-]. The lowest BCUT2D eigenvalue weighted by Crippen LogP contribution is -2.34. The molecule has 0 unspecified atom stereocenters. The Labute approximate surface area is 126 Å². The normalized spacial score (nSPS) is 10.9. The molecule has 0 aliphatic rings. The summed E-state index contributed by atoms with van der Waals surface area (Å²) in [5.41, 5.74) is -0.929. The number of carbonyl (C=O) groups excluding carboxylic acids is 1. The maximum atomic E-state index is 11.4. The molecule has 9 heteroatoms. The van der Waals surface area contributed by atoms with Gasteiger partial charge in [-0.25, -0.2) is 9.78 Å². The van der Waals surface area contributed by atoms with Crippen molar-refractivity contribution in [1.82, 2.24) is 10.3 Å². The number of nitrogens with one attached hydrogen (secondary N) is 1. The van der Waals surface area contributed by atoms with Crippen molar-refractivity contribution >= 4 is 23.4 Å². The number of pyridine rings is 1. The van der Waals surface area contributed by atoms with E-state index < -0.39 is 16.6 Å². The van der Waals surface area contributed by atoms with E-state index in [-0.39, 0.29) is 29.7 Å². The van der Waals surface area contributed by atoms with Gasteiger partial charge in [0.2, 0.25) is 0 Å². The second-order valence-electron chi connectivity index (χ2n) is 5.01. The van der Waals surface area contributed by atoms with E-state index in [4.69, 9.17) is 21.1 Å². The summed E-state index contributed by atoms with van der Waals surface area (Å²) in [6.07, 6.45) is 0.648. The van der Waals surface area contributed by atoms with Gasteiger partial charge in [0.25, 0.3) is 5.88 Å². The third-order valence-electron chi connectivity index (χ3n) is 2.00. The van der Waals surface area contributed by atoms with Crippen molar-refractivity contribution in [2.45, 2.75) is 26.4 Å². The number of nitrogens with zero attached hydrogens (tertiary/aromatic N) is 2. The first kappa shape index (κ1) is 17.0. The predicted octanol–water partition coefficient (Wildman–Crippen LogP) is 2.55. The Hall–Kier alpha value is -2.09. The molecule has 0 spiro atoms. The minimum absolute atomic E-state index is 0.00865. The van der Waals surface area contributed by atoms with Crippen LogP contribution in [-0.4, -0.2) is 34.8 Å². The van der Waals surface area contributed by atoms with Crippen molar-refractivity contribution in [3.8, 4) is 5.88 Å². The molecule has 0 aliphatic carbocycles. The molecule has 1 heterocycles. The fraction of sp³-hybridized carbons (Fsp3) is 0.500. The number of halogens is 1. The van der Waals surface area contributed by atoms with Crippen LogP contribution in [0.1, 0.15) is 20.8 Å². The van der Waals surface area contributed by atoms with Crippen LogP contribution < -0.4 is 10.1 Å². The summed E-state index contributed by atoms with van der Waals surface area (Å²) in [6, 6.07) is 1.14. The van der Waals surface area contributed by atoms with E-state index in [2.05, 4.69) is 10.3 Å². The van der Waals surface area contributed by atoms with E-state index in [0.29, 0.717) is 0 Å². The quantitative estimate of drug-likeness (QED) is 0.508. The average Bonchev–Trinajstić information content (AvgIpc) is 2.33. The lowest BCUT2D eigenvalue weighted by molar-refractivity contribution is -0.386. The molecule has 1 aromatic rings. The van der Waals surface area contributed by atoms with E-state index in [1.807, 2.05) is 0 Å². The molecule has 0 fully saturated rings. The van der Waals surface area contributed by atoms with E-state index >= 15 is 0 Å². The molecule has 1 N–H and O–H groups in total. The molecule has 0 saturated heterocycles. The highest BCUT2D eigenvalue weighted by atomic mass is 35.5. The fourth-order valence-corrected chi connectivity index (χ4v) is 1.43. The molecule has 1 amide bonds. The van der Waals surface area contributed by atoms with Gasteiger partial charge in [-0.15, -0.1) is 0 Å². The summed E-state index contributed by atoms with van der Waals surface area (Å²) >= 11 is 5.63. The van der Waals surface area contributed by atoms with Gasteiger partial charge in [-0.1, -0.05) is 11.6 Å². The van der Waals surface area contributed by atoms with Gasteiger partial charge in [0.05, 0.1) is 22.7 Å². The Morgan fingerprint density at radius 3 is 2.76 bits per heavy atom. The molecule has 0 atom stereocenters. The summed E-state index contributed by atoms with van der Waals surface area (Å²) < 4.78 is 10.2. The molecule has 21 heavy (non-hydrogen) atoms. The van der Waals surface area contributed by atoms with E-state index in [9.17, 15) is 14.9 Å². The van der Waals surface area contributed by atoms with Crippen LogP contribution in [0.25, 0.3) is 0 Å². The van der Waals surface area contributed by atoms with Crippen LogP contribution in [0.2, 0.25) is 5.02 Å². The van der Waals surface area contributed by atoms with Gasteiger partial charge in [-0.2, -0.15) is 0 Å². The lowest BCUT2D eigenvalue weighted by Gasteiger charge is -2.19. The molecule has 1 rings (SSSR count). The van der Waals surface area contributed by atoms with Crippen LogP contribution in [0.3, 0.4) is 0 Å². The van der Waals surface area contributed by atoms with E-state index in [1.54, 1.807) is 20.8 Å². The van der Waals surface area contributed by atoms with Crippen LogP contribution in [-0.2, 0) is 4.74 Å². The zero-order valence-corrected chi connectivity index (χ0v) is 12.6. The van der Waals surface area contributed by atoms with Gasteiger partial charge in [-0.3, -0.25) is 10.1 Å². The highest BCUT2D eigenvalue weighted by molar-refractivity contribution is 6.30. The van der Waals surface area contributed by atoms with Crippen molar-refractivity contribution in [1.29, 1.82) is 0 Å². The maximum absolute atomic E-state index is 11.4. The number of alkyl carbamates (subject to hydrolysis) is 1. The van der Waals surface area contributed by atoms with Gasteiger partial charge in [0, 0.05) is 6.07 Å². The molecule has 8 nitrogen and oxygen atoms in total. The second kappa shape index (κ2) is 7.07. The topological polar surface area (TPSA) is 104 Å². The molecule has 0 bridgehead atoms. The highest BCUT2D eigenvalue weighted by Gasteiger charge is 2.18. The maximum Gasteiger partial charge on any atom is 0.407 e. The van der Waals surface area contributed by atoms with Crippen LogP contribution in [0.4, 0.5) is 10.5 Å². The van der Waals surface area contributed by atoms with Gasteiger partial charge < -0.3 is 14.8 Å². The lowest BCUT2D eigenvalue weighted by atomic mass is 10.2. The summed E-state index contributed by atoms with van der Waals surface area (Å²) in [6.45, 7) is 5.35. The van der Waals surface area contributed by atoms with Gasteiger partial charge in [-0.05, 0) is 20.8 Å². The molecular weight excluding hydrogens is 302 g/mol. The van der Waals surface area contributed by atoms with Crippen molar-refractivity contribution in [3.63, 3.8) is 0 Å². The largest absolute Gasteiger partial charge is 0.471 e. The third-order valence-corrected chi connectivity index (χ3v) is 2.21. The Morgan fingerprint density at radius 1 is 1.52 bits per heavy atom. The average molecular weight is 318 g/mol. The number of ether oxygens (including phenoxy) is 2. The first-order chi connectivity index (χ1) is 9.69. The van der Waals surface area contributed by atoms with E-state index in [0.717, 1.165) is 6.07 Å². The molecule has 1 aromatic heterocycles. The zero-order chi connectivity index (χ0) is 16.0. The third kappa shape index (κ3) is 6.26. The number of nitro groups is 1. The van der Waals surface area contributed by atoms with Crippen molar-refractivity contribution in [2.24, 2.45) is 0 Å². The van der Waals surface area contributed by atoms with Crippen molar-refractivity contribution < 1.29 is 19.2 Å². The van der Waals surface area contributed by atoms with Crippen molar-refractivity contribution in [2.75, 3.05) is 13.2 Å². The second-order valence-corrected chi connectivity index (χ2v) is 5.45. The van der Waals surface area contributed by atoms with E-state index in [1.165, 1.54) is 6.20 Å².